The van der Waals surface area contributed by atoms with Crippen LogP contribution in [0.3, 0.4) is 0 Å². The average molecular weight is 190 g/mol. The van der Waals surface area contributed by atoms with E-state index in [0.717, 1.165) is 11.9 Å². The van der Waals surface area contributed by atoms with Crippen molar-refractivity contribution in [1.29, 1.82) is 0 Å². The lowest BCUT2D eigenvalue weighted by Crippen LogP contribution is -1.91. The number of hydrogen-bond acceptors (Lipinski definition) is 2. The highest BCUT2D eigenvalue weighted by molar-refractivity contribution is 7.18. The molecular formula is C11H12NS. The summed E-state index contributed by atoms with van der Waals surface area (Å²) < 4.78 is 1.25. The molecule has 0 amide bonds. The predicted molar refractivity (Wildman–Crippen MR) is 57.0 cm³/mol. The van der Waals surface area contributed by atoms with Crippen LogP contribution in [0.4, 0.5) is 0 Å². The first kappa shape index (κ1) is 8.70. The molecule has 0 spiro atoms. The third-order valence-corrected chi connectivity index (χ3v) is 2.90. The number of rotatable bonds is 2. The van der Waals surface area contributed by atoms with Gasteiger partial charge in [0.1, 0.15) is 0 Å². The second-order valence-corrected chi connectivity index (χ2v) is 4.71. The Hall–Kier alpha value is -0.890. The van der Waals surface area contributed by atoms with Crippen LogP contribution in [-0.2, 0) is 6.42 Å². The summed E-state index contributed by atoms with van der Waals surface area (Å²) in [5, 5.41) is 1.24. The Morgan fingerprint density at radius 1 is 1.54 bits per heavy atom. The molecule has 13 heavy (non-hydrogen) atoms. The van der Waals surface area contributed by atoms with E-state index in [1.165, 1.54) is 9.71 Å². The van der Waals surface area contributed by atoms with Crippen molar-refractivity contribution >= 4 is 21.6 Å². The van der Waals surface area contributed by atoms with Gasteiger partial charge in [0, 0.05) is 6.42 Å². The first-order chi connectivity index (χ1) is 6.25. The molecule has 1 aromatic heterocycles. The van der Waals surface area contributed by atoms with Gasteiger partial charge in [0.15, 0.2) is 0 Å². The first-order valence-corrected chi connectivity index (χ1v) is 5.33. The lowest BCUT2D eigenvalue weighted by molar-refractivity contribution is 0.645. The van der Waals surface area contributed by atoms with Crippen LogP contribution in [0, 0.1) is 12.0 Å². The smallest absolute Gasteiger partial charge is 0.0941 e. The summed E-state index contributed by atoms with van der Waals surface area (Å²) in [7, 11) is 0. The van der Waals surface area contributed by atoms with Crippen LogP contribution in [0.5, 0.6) is 0 Å². The van der Waals surface area contributed by atoms with E-state index in [1.54, 1.807) is 11.3 Å². The zero-order valence-electron chi connectivity index (χ0n) is 7.87. The largest absolute Gasteiger partial charge is 0.241 e. The Kier molecular flexibility index (Phi) is 2.32. The highest BCUT2D eigenvalue weighted by Gasteiger charge is 2.04. The molecule has 1 heterocycles. The van der Waals surface area contributed by atoms with E-state index in [1.807, 2.05) is 18.2 Å². The molecule has 0 fully saturated rings. The molecule has 0 atom stereocenters. The van der Waals surface area contributed by atoms with Crippen molar-refractivity contribution in [3.05, 3.63) is 29.3 Å². The summed E-state index contributed by atoms with van der Waals surface area (Å²) in [5.41, 5.74) is 1.11. The predicted octanol–water partition coefficient (Wildman–Crippen LogP) is 3.29. The summed E-state index contributed by atoms with van der Waals surface area (Å²) in [5.74, 6) is 0.685. The fourth-order valence-electron chi connectivity index (χ4n) is 1.30. The van der Waals surface area contributed by atoms with Gasteiger partial charge < -0.3 is 0 Å². The van der Waals surface area contributed by atoms with Gasteiger partial charge in [-0.15, -0.1) is 11.3 Å². The molecule has 0 saturated carbocycles. The van der Waals surface area contributed by atoms with E-state index in [-0.39, 0.29) is 0 Å². The maximum absolute atomic E-state index is 4.55. The van der Waals surface area contributed by atoms with Crippen LogP contribution < -0.4 is 0 Å². The van der Waals surface area contributed by atoms with E-state index in [2.05, 4.69) is 24.9 Å². The van der Waals surface area contributed by atoms with Gasteiger partial charge in [-0.3, -0.25) is 0 Å². The second kappa shape index (κ2) is 3.46. The zero-order valence-corrected chi connectivity index (χ0v) is 8.69. The molecule has 0 bridgehead atoms. The Morgan fingerprint density at radius 2 is 2.38 bits per heavy atom. The molecule has 2 aromatic rings. The summed E-state index contributed by atoms with van der Waals surface area (Å²) >= 11 is 1.78. The Balaban J connectivity index is 2.38. The maximum Gasteiger partial charge on any atom is 0.0941 e. The minimum absolute atomic E-state index is 0.685. The highest BCUT2D eigenvalue weighted by atomic mass is 32.1. The highest BCUT2D eigenvalue weighted by Crippen LogP contribution is 2.23. The van der Waals surface area contributed by atoms with Gasteiger partial charge in [-0.05, 0) is 24.1 Å². The van der Waals surface area contributed by atoms with Gasteiger partial charge in [-0.2, -0.15) is 0 Å². The molecule has 2 rings (SSSR count). The monoisotopic (exact) mass is 190 g/mol. The minimum atomic E-state index is 0.685. The van der Waals surface area contributed by atoms with E-state index in [4.69, 9.17) is 0 Å². The molecule has 0 N–H and O–H groups in total. The van der Waals surface area contributed by atoms with Gasteiger partial charge >= 0.3 is 0 Å². The molecule has 67 valence electrons. The Bertz CT molecular complexity index is 370. The molecule has 0 unspecified atom stereocenters. The SMILES string of the molecule is CC(C)Cc1nc2cc[c]cc2s1. The van der Waals surface area contributed by atoms with Crippen LogP contribution in [0.15, 0.2) is 18.2 Å². The van der Waals surface area contributed by atoms with Crippen LogP contribution in [0.2, 0.25) is 0 Å². The lowest BCUT2D eigenvalue weighted by atomic mass is 10.1. The van der Waals surface area contributed by atoms with Gasteiger partial charge in [-0.1, -0.05) is 19.9 Å². The average Bonchev–Trinajstić information content (AvgIpc) is 2.44. The fraction of sp³-hybridized carbons (Fsp3) is 0.364. The number of thiazole rings is 1. The van der Waals surface area contributed by atoms with Crippen molar-refractivity contribution in [3.63, 3.8) is 0 Å². The molecule has 0 aliphatic rings. The molecular weight excluding hydrogens is 178 g/mol. The molecule has 0 aliphatic carbocycles. The van der Waals surface area contributed by atoms with E-state index < -0.39 is 0 Å². The van der Waals surface area contributed by atoms with Crippen molar-refractivity contribution in [3.8, 4) is 0 Å². The topological polar surface area (TPSA) is 12.9 Å². The van der Waals surface area contributed by atoms with Gasteiger partial charge in [0.05, 0.1) is 15.2 Å². The third-order valence-electron chi connectivity index (χ3n) is 1.86. The molecule has 1 nitrogen and oxygen atoms in total. The number of nitrogens with zero attached hydrogens (tertiary/aromatic N) is 1. The third kappa shape index (κ3) is 1.89. The van der Waals surface area contributed by atoms with Crippen LogP contribution in [0.1, 0.15) is 18.9 Å². The van der Waals surface area contributed by atoms with Crippen molar-refractivity contribution in [2.45, 2.75) is 20.3 Å². The molecule has 1 aromatic carbocycles. The van der Waals surface area contributed by atoms with Crippen LogP contribution >= 0.6 is 11.3 Å². The number of aromatic nitrogens is 1. The first-order valence-electron chi connectivity index (χ1n) is 4.51. The van der Waals surface area contributed by atoms with E-state index in [0.29, 0.717) is 5.92 Å². The van der Waals surface area contributed by atoms with Crippen molar-refractivity contribution in [2.75, 3.05) is 0 Å². The van der Waals surface area contributed by atoms with E-state index >= 15 is 0 Å². The Morgan fingerprint density at radius 3 is 3.08 bits per heavy atom. The van der Waals surface area contributed by atoms with Crippen molar-refractivity contribution < 1.29 is 0 Å². The van der Waals surface area contributed by atoms with Gasteiger partial charge in [0.2, 0.25) is 0 Å². The Labute approximate surface area is 82.4 Å². The minimum Gasteiger partial charge on any atom is -0.241 e. The zero-order chi connectivity index (χ0) is 9.26. The van der Waals surface area contributed by atoms with Gasteiger partial charge in [0.25, 0.3) is 0 Å². The number of benzene rings is 1. The summed E-state index contributed by atoms with van der Waals surface area (Å²) in [6, 6.07) is 9.02. The van der Waals surface area contributed by atoms with Crippen molar-refractivity contribution in [2.24, 2.45) is 5.92 Å². The second-order valence-electron chi connectivity index (χ2n) is 3.60. The quantitative estimate of drug-likeness (QED) is 0.708. The normalized spacial score (nSPS) is 11.3. The molecule has 2 heteroatoms. The van der Waals surface area contributed by atoms with Crippen LogP contribution in [-0.4, -0.2) is 4.98 Å². The summed E-state index contributed by atoms with van der Waals surface area (Å²) in [4.78, 5) is 4.55. The summed E-state index contributed by atoms with van der Waals surface area (Å²) in [6.45, 7) is 4.44. The number of hydrogen-bond donors (Lipinski definition) is 0. The molecule has 1 radical (unpaired) electrons. The fourth-order valence-corrected chi connectivity index (χ4v) is 2.46. The van der Waals surface area contributed by atoms with Crippen molar-refractivity contribution in [1.82, 2.24) is 4.98 Å². The lowest BCUT2D eigenvalue weighted by Gasteiger charge is -1.97. The van der Waals surface area contributed by atoms with E-state index in [9.17, 15) is 0 Å². The molecule has 0 aliphatic heterocycles. The standard InChI is InChI=1S/C11H12NS/c1-8(2)7-11-12-9-5-3-4-6-10(9)13-11/h3,5-6,8H,7H2,1-2H3. The van der Waals surface area contributed by atoms with Crippen LogP contribution in [0.25, 0.3) is 10.2 Å². The molecule has 0 saturated heterocycles. The number of fused-ring (bicyclic) bond motifs is 1. The van der Waals surface area contributed by atoms with Gasteiger partial charge in [-0.25, -0.2) is 4.98 Å². The summed E-state index contributed by atoms with van der Waals surface area (Å²) in [6.07, 6.45) is 1.08. The maximum atomic E-state index is 4.55.